The van der Waals surface area contributed by atoms with Gasteiger partial charge in [0.25, 0.3) is 11.8 Å². The first kappa shape index (κ1) is 12.4. The van der Waals surface area contributed by atoms with E-state index in [1.807, 2.05) is 0 Å². The van der Waals surface area contributed by atoms with E-state index in [1.54, 1.807) is 0 Å². The highest BCUT2D eigenvalue weighted by Crippen LogP contribution is 2.26. The van der Waals surface area contributed by atoms with Crippen LogP contribution in [0.25, 0.3) is 0 Å². The van der Waals surface area contributed by atoms with Crippen LogP contribution in [0.5, 0.6) is 5.88 Å². The Kier molecular flexibility index (Phi) is 3.50. The number of hydrogen-bond acceptors (Lipinski definition) is 5. The van der Waals surface area contributed by atoms with Crippen LogP contribution in [-0.4, -0.2) is 35.3 Å². The molecule has 0 spiro atoms. The lowest BCUT2D eigenvalue weighted by molar-refractivity contribution is -0.141. The van der Waals surface area contributed by atoms with Crippen molar-refractivity contribution in [2.45, 2.75) is 25.3 Å². The lowest BCUT2D eigenvalue weighted by atomic mass is 10.1. The maximum atomic E-state index is 11.8. The summed E-state index contributed by atoms with van der Waals surface area (Å²) in [4.78, 5) is 22.5. The maximum absolute atomic E-state index is 11.8. The Labute approximate surface area is 103 Å². The molecule has 1 amide bonds. The summed E-state index contributed by atoms with van der Waals surface area (Å²) >= 11 is 0. The molecule has 2 N–H and O–H groups in total. The third-order valence-corrected chi connectivity index (χ3v) is 3.04. The number of carbonyl (C=O) groups is 2. The molecule has 0 bridgehead atoms. The Morgan fingerprint density at radius 3 is 2.89 bits per heavy atom. The minimum Gasteiger partial charge on any atom is -0.481 e. The highest BCUT2D eigenvalue weighted by Gasteiger charge is 2.31. The number of aliphatic carboxylic acids is 1. The zero-order valence-corrected chi connectivity index (χ0v) is 9.88. The van der Waals surface area contributed by atoms with Crippen molar-refractivity contribution in [2.24, 2.45) is 5.92 Å². The van der Waals surface area contributed by atoms with Gasteiger partial charge in [-0.3, -0.25) is 9.59 Å². The number of hydrogen-bond donors (Lipinski definition) is 2. The van der Waals surface area contributed by atoms with E-state index < -0.39 is 11.9 Å². The minimum absolute atomic E-state index is 0.0608. The molecule has 18 heavy (non-hydrogen) atoms. The predicted molar refractivity (Wildman–Crippen MR) is 59.3 cm³/mol. The fourth-order valence-corrected chi connectivity index (χ4v) is 2.06. The van der Waals surface area contributed by atoms with Gasteiger partial charge in [0.1, 0.15) is 0 Å². The molecule has 0 aromatic carbocycles. The monoisotopic (exact) mass is 254 g/mol. The van der Waals surface area contributed by atoms with Crippen molar-refractivity contribution in [2.75, 3.05) is 7.11 Å². The van der Waals surface area contributed by atoms with Crippen molar-refractivity contribution in [1.29, 1.82) is 0 Å². The van der Waals surface area contributed by atoms with Crippen LogP contribution in [0.1, 0.15) is 29.8 Å². The average molecular weight is 254 g/mol. The average Bonchev–Trinajstić information content (AvgIpc) is 2.96. The van der Waals surface area contributed by atoms with Crippen LogP contribution in [0.4, 0.5) is 0 Å². The minimum atomic E-state index is -0.812. The SMILES string of the molecule is COc1cc(C(=O)N[C@@H]2CC[C@H](C(=O)O)C2)on1. The van der Waals surface area contributed by atoms with E-state index in [0.29, 0.717) is 19.3 Å². The van der Waals surface area contributed by atoms with Crippen molar-refractivity contribution in [3.8, 4) is 5.88 Å². The Balaban J connectivity index is 1.90. The van der Waals surface area contributed by atoms with E-state index in [4.69, 9.17) is 14.4 Å². The van der Waals surface area contributed by atoms with Gasteiger partial charge in [-0.05, 0) is 24.4 Å². The second kappa shape index (κ2) is 5.07. The summed E-state index contributed by atoms with van der Waals surface area (Å²) in [6, 6.07) is 1.26. The van der Waals surface area contributed by atoms with Crippen molar-refractivity contribution in [3.63, 3.8) is 0 Å². The van der Waals surface area contributed by atoms with Gasteiger partial charge in [-0.1, -0.05) is 0 Å². The van der Waals surface area contributed by atoms with E-state index in [1.165, 1.54) is 13.2 Å². The van der Waals surface area contributed by atoms with E-state index in [9.17, 15) is 9.59 Å². The first-order chi connectivity index (χ1) is 8.60. The van der Waals surface area contributed by atoms with Gasteiger partial charge in [-0.25, -0.2) is 0 Å². The molecule has 1 aromatic heterocycles. The number of carboxylic acid groups (broad SMARTS) is 1. The first-order valence-corrected chi connectivity index (χ1v) is 5.64. The highest BCUT2D eigenvalue weighted by atomic mass is 16.5. The van der Waals surface area contributed by atoms with E-state index in [2.05, 4.69) is 10.5 Å². The summed E-state index contributed by atoms with van der Waals surface area (Å²) in [6.45, 7) is 0. The standard InChI is InChI=1S/C11H14N2O5/c1-17-9-5-8(18-13-9)10(14)12-7-3-2-6(4-7)11(15)16/h5-7H,2-4H2,1H3,(H,12,14)(H,15,16)/t6-,7+/m0/s1. The third-order valence-electron chi connectivity index (χ3n) is 3.04. The zero-order chi connectivity index (χ0) is 13.1. The van der Waals surface area contributed by atoms with Gasteiger partial charge < -0.3 is 19.7 Å². The van der Waals surface area contributed by atoms with Crippen LogP contribution in [-0.2, 0) is 4.79 Å². The molecule has 1 saturated carbocycles. The molecule has 7 nitrogen and oxygen atoms in total. The smallest absolute Gasteiger partial charge is 0.306 e. The van der Waals surface area contributed by atoms with Gasteiger partial charge in [0, 0.05) is 6.04 Å². The number of ether oxygens (including phenoxy) is 1. The van der Waals surface area contributed by atoms with Crippen molar-refractivity contribution >= 4 is 11.9 Å². The van der Waals surface area contributed by atoms with E-state index in [-0.39, 0.29) is 23.6 Å². The molecule has 1 fully saturated rings. The van der Waals surface area contributed by atoms with Crippen LogP contribution in [0, 0.1) is 5.92 Å². The van der Waals surface area contributed by atoms with Crippen LogP contribution < -0.4 is 10.1 Å². The summed E-state index contributed by atoms with van der Waals surface area (Å²) in [5, 5.41) is 15.1. The fourth-order valence-electron chi connectivity index (χ4n) is 2.06. The molecule has 0 aliphatic heterocycles. The lowest BCUT2D eigenvalue weighted by Gasteiger charge is -2.10. The van der Waals surface area contributed by atoms with E-state index in [0.717, 1.165) is 0 Å². The molecule has 98 valence electrons. The lowest BCUT2D eigenvalue weighted by Crippen LogP contribution is -2.33. The second-order valence-corrected chi connectivity index (χ2v) is 4.25. The number of nitrogens with one attached hydrogen (secondary N) is 1. The summed E-state index contributed by atoms with van der Waals surface area (Å²) in [5.74, 6) is -1.30. The third kappa shape index (κ3) is 2.61. The van der Waals surface area contributed by atoms with E-state index >= 15 is 0 Å². The number of rotatable bonds is 4. The molecular weight excluding hydrogens is 240 g/mol. The Bertz CT molecular complexity index is 456. The predicted octanol–water partition coefficient (Wildman–Crippen LogP) is 0.666. The van der Waals surface area contributed by atoms with Gasteiger partial charge >= 0.3 is 5.97 Å². The number of methoxy groups -OCH3 is 1. The second-order valence-electron chi connectivity index (χ2n) is 4.25. The normalized spacial score (nSPS) is 22.7. The molecule has 1 aromatic rings. The first-order valence-electron chi connectivity index (χ1n) is 5.64. The summed E-state index contributed by atoms with van der Waals surface area (Å²) in [5.41, 5.74) is 0. The molecule has 7 heteroatoms. The molecule has 0 radical (unpaired) electrons. The Hall–Kier alpha value is -2.05. The zero-order valence-electron chi connectivity index (χ0n) is 9.88. The molecule has 0 unspecified atom stereocenters. The molecular formula is C11H14N2O5. The summed E-state index contributed by atoms with van der Waals surface area (Å²) in [7, 11) is 1.42. The van der Waals surface area contributed by atoms with Crippen LogP contribution in [0.3, 0.4) is 0 Å². The van der Waals surface area contributed by atoms with Gasteiger partial charge in [-0.15, -0.1) is 0 Å². The number of carbonyl (C=O) groups excluding carboxylic acids is 1. The molecule has 2 atom stereocenters. The summed E-state index contributed by atoms with van der Waals surface area (Å²) < 4.78 is 9.60. The van der Waals surface area contributed by atoms with Crippen LogP contribution in [0.15, 0.2) is 10.6 Å². The molecule has 1 heterocycles. The van der Waals surface area contributed by atoms with Gasteiger partial charge in [0.15, 0.2) is 0 Å². The number of carboxylic acids is 1. The van der Waals surface area contributed by atoms with Crippen LogP contribution >= 0.6 is 0 Å². The number of amides is 1. The molecule has 1 aliphatic carbocycles. The van der Waals surface area contributed by atoms with Gasteiger partial charge in [0.05, 0.1) is 19.1 Å². The van der Waals surface area contributed by atoms with Gasteiger partial charge in [0.2, 0.25) is 5.76 Å². The van der Waals surface area contributed by atoms with Crippen molar-refractivity contribution in [3.05, 3.63) is 11.8 Å². The quantitative estimate of drug-likeness (QED) is 0.818. The van der Waals surface area contributed by atoms with Crippen LogP contribution in [0.2, 0.25) is 0 Å². The maximum Gasteiger partial charge on any atom is 0.306 e. The number of nitrogens with zero attached hydrogens (tertiary/aromatic N) is 1. The molecule has 1 aliphatic rings. The van der Waals surface area contributed by atoms with Crippen molar-refractivity contribution < 1.29 is 24.0 Å². The molecule has 2 rings (SSSR count). The Morgan fingerprint density at radius 2 is 2.33 bits per heavy atom. The largest absolute Gasteiger partial charge is 0.481 e. The number of aromatic nitrogens is 1. The van der Waals surface area contributed by atoms with Gasteiger partial charge in [-0.2, -0.15) is 0 Å². The fraction of sp³-hybridized carbons (Fsp3) is 0.545. The summed E-state index contributed by atoms with van der Waals surface area (Å²) in [6.07, 6.45) is 1.69. The molecule has 0 saturated heterocycles. The highest BCUT2D eigenvalue weighted by molar-refractivity contribution is 5.91. The van der Waals surface area contributed by atoms with Crippen molar-refractivity contribution in [1.82, 2.24) is 10.5 Å². The Morgan fingerprint density at radius 1 is 1.56 bits per heavy atom. The topological polar surface area (TPSA) is 102 Å².